The van der Waals surface area contributed by atoms with Crippen LogP contribution in [-0.4, -0.2) is 46.9 Å². The molecule has 2 aliphatic heterocycles. The number of rotatable bonds is 6. The van der Waals surface area contributed by atoms with Crippen LogP contribution < -0.4 is 14.8 Å². The monoisotopic (exact) mass is 446 g/mol. The van der Waals surface area contributed by atoms with Gasteiger partial charge in [0.1, 0.15) is 13.2 Å². The zero-order valence-corrected chi connectivity index (χ0v) is 19.2. The average molecular weight is 447 g/mol. The maximum Gasteiger partial charge on any atom is 0.225 e. The van der Waals surface area contributed by atoms with E-state index in [-0.39, 0.29) is 5.91 Å². The number of hydrogen-bond acceptors (Lipinski definition) is 5. The van der Waals surface area contributed by atoms with Gasteiger partial charge in [0.2, 0.25) is 5.91 Å². The molecule has 1 fully saturated rings. The van der Waals surface area contributed by atoms with Crippen molar-refractivity contribution in [1.29, 1.82) is 0 Å². The lowest BCUT2D eigenvalue weighted by Crippen LogP contribution is -2.28. The molecule has 1 unspecified atom stereocenters. The summed E-state index contributed by atoms with van der Waals surface area (Å²) in [6, 6.07) is 16.5. The van der Waals surface area contributed by atoms with Crippen molar-refractivity contribution in [2.45, 2.75) is 39.2 Å². The van der Waals surface area contributed by atoms with Crippen molar-refractivity contribution in [3.05, 3.63) is 65.5 Å². The van der Waals surface area contributed by atoms with Crippen LogP contribution in [0.15, 0.2) is 48.5 Å². The Hall–Kier alpha value is -3.32. The molecule has 1 atom stereocenters. The second kappa shape index (κ2) is 9.27. The molecule has 0 spiro atoms. The van der Waals surface area contributed by atoms with E-state index >= 15 is 0 Å². The first-order valence-corrected chi connectivity index (χ1v) is 11.7. The van der Waals surface area contributed by atoms with Gasteiger partial charge in [-0.05, 0) is 63.1 Å². The van der Waals surface area contributed by atoms with Crippen LogP contribution in [0.2, 0.25) is 0 Å². The maximum absolute atomic E-state index is 12.8. The van der Waals surface area contributed by atoms with E-state index in [4.69, 9.17) is 9.47 Å². The number of para-hydroxylation sites is 1. The molecule has 0 bridgehead atoms. The molecule has 1 saturated heterocycles. The quantitative estimate of drug-likeness (QED) is 0.607. The number of carbonyl (C=O) groups is 1. The first kappa shape index (κ1) is 21.5. The number of anilines is 1. The van der Waals surface area contributed by atoms with Gasteiger partial charge in [-0.2, -0.15) is 5.10 Å². The highest BCUT2D eigenvalue weighted by Crippen LogP contribution is 2.38. The summed E-state index contributed by atoms with van der Waals surface area (Å²) >= 11 is 0. The van der Waals surface area contributed by atoms with Crippen LogP contribution in [0.25, 0.3) is 5.69 Å². The number of aryl methyl sites for hydroxylation is 1. The average Bonchev–Trinajstić information content (AvgIpc) is 3.43. The Kier molecular flexibility index (Phi) is 6.05. The van der Waals surface area contributed by atoms with E-state index in [1.54, 1.807) is 0 Å². The number of amides is 1. The molecule has 7 heteroatoms. The third kappa shape index (κ3) is 4.46. The molecule has 1 aromatic heterocycles. The van der Waals surface area contributed by atoms with Gasteiger partial charge in [-0.25, -0.2) is 4.68 Å². The van der Waals surface area contributed by atoms with Gasteiger partial charge in [0.15, 0.2) is 11.5 Å². The molecule has 2 aliphatic rings. The molecule has 3 aromatic rings. The van der Waals surface area contributed by atoms with Crippen LogP contribution in [0.4, 0.5) is 5.69 Å². The SMILES string of the molecule is Cc1nn(-c2ccccc2)c(C)c1NC(=O)CCN1CCCC1c1ccc2c(c1)OCCO2. The van der Waals surface area contributed by atoms with Gasteiger partial charge in [-0.3, -0.25) is 9.69 Å². The predicted molar refractivity (Wildman–Crippen MR) is 127 cm³/mol. The van der Waals surface area contributed by atoms with Gasteiger partial charge < -0.3 is 14.8 Å². The number of likely N-dealkylation sites (tertiary alicyclic amines) is 1. The van der Waals surface area contributed by atoms with Gasteiger partial charge >= 0.3 is 0 Å². The van der Waals surface area contributed by atoms with Crippen LogP contribution in [-0.2, 0) is 4.79 Å². The van der Waals surface area contributed by atoms with Crippen molar-refractivity contribution >= 4 is 11.6 Å². The van der Waals surface area contributed by atoms with Gasteiger partial charge in [0, 0.05) is 19.0 Å². The molecule has 33 heavy (non-hydrogen) atoms. The van der Waals surface area contributed by atoms with Crippen molar-refractivity contribution < 1.29 is 14.3 Å². The van der Waals surface area contributed by atoms with E-state index in [0.717, 1.165) is 60.2 Å². The second-order valence-corrected chi connectivity index (χ2v) is 8.69. The lowest BCUT2D eigenvalue weighted by Gasteiger charge is -2.26. The number of benzene rings is 2. The maximum atomic E-state index is 12.8. The topological polar surface area (TPSA) is 68.6 Å². The van der Waals surface area contributed by atoms with Crippen LogP contribution in [0.1, 0.15) is 42.3 Å². The number of aromatic nitrogens is 2. The molecule has 172 valence electrons. The number of hydrogen-bond donors (Lipinski definition) is 1. The third-order valence-electron chi connectivity index (χ3n) is 6.50. The highest BCUT2D eigenvalue weighted by molar-refractivity contribution is 5.92. The van der Waals surface area contributed by atoms with Crippen LogP contribution in [0, 0.1) is 13.8 Å². The summed E-state index contributed by atoms with van der Waals surface area (Å²) in [6.45, 7) is 6.82. The summed E-state index contributed by atoms with van der Waals surface area (Å²) in [5.74, 6) is 1.65. The summed E-state index contributed by atoms with van der Waals surface area (Å²) < 4.78 is 13.3. The van der Waals surface area contributed by atoms with Crippen molar-refractivity contribution in [2.75, 3.05) is 31.6 Å². The molecule has 7 nitrogen and oxygen atoms in total. The second-order valence-electron chi connectivity index (χ2n) is 8.69. The summed E-state index contributed by atoms with van der Waals surface area (Å²) in [4.78, 5) is 15.2. The Morgan fingerprint density at radius 3 is 2.70 bits per heavy atom. The Balaban J connectivity index is 1.23. The fraction of sp³-hybridized carbons (Fsp3) is 0.385. The minimum absolute atomic E-state index is 0.0154. The lowest BCUT2D eigenvalue weighted by atomic mass is 10.0. The normalized spacial score (nSPS) is 17.8. The van der Waals surface area contributed by atoms with E-state index in [9.17, 15) is 4.79 Å². The molecular formula is C26H30N4O3. The van der Waals surface area contributed by atoms with E-state index in [1.807, 2.05) is 54.9 Å². The highest BCUT2D eigenvalue weighted by atomic mass is 16.6. The number of carbonyl (C=O) groups excluding carboxylic acids is 1. The fourth-order valence-corrected chi connectivity index (χ4v) is 4.83. The number of nitrogens with zero attached hydrogens (tertiary/aromatic N) is 3. The van der Waals surface area contributed by atoms with Crippen molar-refractivity contribution in [3.63, 3.8) is 0 Å². The zero-order chi connectivity index (χ0) is 22.8. The van der Waals surface area contributed by atoms with Crippen molar-refractivity contribution in [3.8, 4) is 17.2 Å². The number of nitrogens with one attached hydrogen (secondary N) is 1. The van der Waals surface area contributed by atoms with E-state index in [2.05, 4.69) is 27.4 Å². The molecule has 0 radical (unpaired) electrons. The largest absolute Gasteiger partial charge is 0.486 e. The molecular weight excluding hydrogens is 416 g/mol. The first-order chi connectivity index (χ1) is 16.1. The van der Waals surface area contributed by atoms with Gasteiger partial charge in [0.25, 0.3) is 0 Å². The Morgan fingerprint density at radius 1 is 1.09 bits per heavy atom. The Morgan fingerprint density at radius 2 is 1.88 bits per heavy atom. The summed E-state index contributed by atoms with van der Waals surface area (Å²) in [5, 5.41) is 7.73. The van der Waals surface area contributed by atoms with E-state index in [0.29, 0.717) is 25.7 Å². The van der Waals surface area contributed by atoms with Gasteiger partial charge in [-0.15, -0.1) is 0 Å². The Labute approximate surface area is 194 Å². The van der Waals surface area contributed by atoms with E-state index < -0.39 is 0 Å². The number of fused-ring (bicyclic) bond motifs is 1. The van der Waals surface area contributed by atoms with Gasteiger partial charge in [0.05, 0.1) is 22.8 Å². The minimum Gasteiger partial charge on any atom is -0.486 e. The molecule has 3 heterocycles. The highest BCUT2D eigenvalue weighted by Gasteiger charge is 2.28. The molecule has 0 aliphatic carbocycles. The standard InChI is InChI=1S/C26H30N4O3/c1-18-26(19(2)30(28-18)21-7-4-3-5-8-21)27-25(31)12-14-29-13-6-9-22(29)20-10-11-23-24(17-20)33-16-15-32-23/h3-5,7-8,10-11,17,22H,6,9,12-16H2,1-2H3,(H,27,31). The Bertz CT molecular complexity index is 1140. The predicted octanol–water partition coefficient (Wildman–Crippen LogP) is 4.43. The fourth-order valence-electron chi connectivity index (χ4n) is 4.83. The summed E-state index contributed by atoms with van der Waals surface area (Å²) in [6.07, 6.45) is 2.66. The zero-order valence-electron chi connectivity index (χ0n) is 19.2. The molecule has 2 aromatic carbocycles. The van der Waals surface area contributed by atoms with Crippen molar-refractivity contribution in [2.24, 2.45) is 0 Å². The van der Waals surface area contributed by atoms with Crippen LogP contribution >= 0.6 is 0 Å². The minimum atomic E-state index is 0.0154. The van der Waals surface area contributed by atoms with Crippen LogP contribution in [0.3, 0.4) is 0 Å². The molecule has 1 amide bonds. The van der Waals surface area contributed by atoms with Crippen molar-refractivity contribution in [1.82, 2.24) is 14.7 Å². The molecule has 1 N–H and O–H groups in total. The van der Waals surface area contributed by atoms with Crippen LogP contribution in [0.5, 0.6) is 11.5 Å². The summed E-state index contributed by atoms with van der Waals surface area (Å²) in [5.41, 5.74) is 4.77. The molecule has 5 rings (SSSR count). The van der Waals surface area contributed by atoms with E-state index in [1.165, 1.54) is 5.56 Å². The number of ether oxygens (including phenoxy) is 2. The smallest absolute Gasteiger partial charge is 0.225 e. The summed E-state index contributed by atoms with van der Waals surface area (Å²) in [7, 11) is 0. The molecule has 0 saturated carbocycles. The third-order valence-corrected chi connectivity index (χ3v) is 6.50. The first-order valence-electron chi connectivity index (χ1n) is 11.7. The lowest BCUT2D eigenvalue weighted by molar-refractivity contribution is -0.116. The van der Waals surface area contributed by atoms with Gasteiger partial charge in [-0.1, -0.05) is 24.3 Å².